The number of rotatable bonds is 2. The monoisotopic (exact) mass is 286 g/mol. The van der Waals surface area contributed by atoms with Crippen molar-refractivity contribution in [1.82, 2.24) is 21.5 Å². The SMILES string of the molecule is CNC(=S)NN=C1/C(=N/NC(=S)NC)CCC1C. The second-order valence-electron chi connectivity index (χ2n) is 3.88. The van der Waals surface area contributed by atoms with Crippen molar-refractivity contribution in [2.75, 3.05) is 14.1 Å². The summed E-state index contributed by atoms with van der Waals surface area (Å²) in [7, 11) is 3.49. The summed E-state index contributed by atoms with van der Waals surface area (Å²) in [6, 6.07) is 0. The van der Waals surface area contributed by atoms with Crippen molar-refractivity contribution in [2.24, 2.45) is 16.1 Å². The minimum Gasteiger partial charge on any atom is -0.364 e. The number of nitrogens with one attached hydrogen (secondary N) is 4. The third-order valence-corrected chi connectivity index (χ3v) is 3.19. The van der Waals surface area contributed by atoms with Crippen LogP contribution in [-0.4, -0.2) is 35.7 Å². The lowest BCUT2D eigenvalue weighted by Gasteiger charge is -2.07. The van der Waals surface area contributed by atoms with E-state index in [-0.39, 0.29) is 0 Å². The van der Waals surface area contributed by atoms with Gasteiger partial charge in [-0.3, -0.25) is 10.9 Å². The van der Waals surface area contributed by atoms with Gasteiger partial charge in [0.25, 0.3) is 0 Å². The Bertz CT molecular complexity index is 390. The van der Waals surface area contributed by atoms with Crippen LogP contribution in [0.5, 0.6) is 0 Å². The summed E-state index contributed by atoms with van der Waals surface area (Å²) in [6.07, 6.45) is 1.91. The van der Waals surface area contributed by atoms with Gasteiger partial charge >= 0.3 is 0 Å². The van der Waals surface area contributed by atoms with E-state index in [1.54, 1.807) is 14.1 Å². The second-order valence-corrected chi connectivity index (χ2v) is 4.69. The molecule has 1 unspecified atom stereocenters. The Balaban J connectivity index is 2.72. The average molecular weight is 286 g/mol. The molecule has 0 aromatic carbocycles. The number of hydrogen-bond acceptors (Lipinski definition) is 4. The molecule has 1 rings (SSSR count). The zero-order valence-electron chi connectivity index (χ0n) is 10.7. The summed E-state index contributed by atoms with van der Waals surface area (Å²) in [5, 5.41) is 15.1. The van der Waals surface area contributed by atoms with Crippen LogP contribution >= 0.6 is 24.4 Å². The minimum atomic E-state index is 0.362. The normalized spacial score (nSPS) is 22.9. The van der Waals surface area contributed by atoms with Crippen LogP contribution in [0.1, 0.15) is 19.8 Å². The van der Waals surface area contributed by atoms with Gasteiger partial charge in [-0.2, -0.15) is 10.2 Å². The third kappa shape index (κ3) is 4.19. The van der Waals surface area contributed by atoms with Crippen LogP contribution in [0, 0.1) is 5.92 Å². The van der Waals surface area contributed by atoms with Crippen LogP contribution in [-0.2, 0) is 0 Å². The summed E-state index contributed by atoms with van der Waals surface area (Å²) >= 11 is 9.94. The lowest BCUT2D eigenvalue weighted by Crippen LogP contribution is -2.32. The van der Waals surface area contributed by atoms with Crippen molar-refractivity contribution < 1.29 is 0 Å². The van der Waals surface area contributed by atoms with Crippen molar-refractivity contribution in [2.45, 2.75) is 19.8 Å². The summed E-state index contributed by atoms with van der Waals surface area (Å²) in [4.78, 5) is 0. The van der Waals surface area contributed by atoms with Gasteiger partial charge < -0.3 is 10.6 Å². The summed E-state index contributed by atoms with van der Waals surface area (Å²) in [5.74, 6) is 0.362. The van der Waals surface area contributed by atoms with E-state index in [2.05, 4.69) is 38.6 Å². The maximum Gasteiger partial charge on any atom is 0.186 e. The molecule has 0 amide bonds. The number of hydrazone groups is 2. The molecule has 0 saturated heterocycles. The predicted octanol–water partition coefficient (Wildman–Crippen LogP) is 0.316. The first-order valence-corrected chi connectivity index (χ1v) is 6.50. The van der Waals surface area contributed by atoms with E-state index in [0.29, 0.717) is 16.1 Å². The zero-order chi connectivity index (χ0) is 13.5. The van der Waals surface area contributed by atoms with Crippen LogP contribution in [0.15, 0.2) is 10.2 Å². The van der Waals surface area contributed by atoms with Gasteiger partial charge in [-0.05, 0) is 37.3 Å². The molecule has 0 spiro atoms. The molecule has 4 N–H and O–H groups in total. The van der Waals surface area contributed by atoms with Crippen molar-refractivity contribution in [1.29, 1.82) is 0 Å². The summed E-state index contributed by atoms with van der Waals surface area (Å²) in [5.41, 5.74) is 7.39. The highest BCUT2D eigenvalue weighted by molar-refractivity contribution is 7.80. The molecular formula is C10H18N6S2. The maximum absolute atomic E-state index is 4.98. The lowest BCUT2D eigenvalue weighted by molar-refractivity contribution is 0.740. The Morgan fingerprint density at radius 2 is 1.67 bits per heavy atom. The van der Waals surface area contributed by atoms with Crippen LogP contribution in [0.4, 0.5) is 0 Å². The Kier molecular flexibility index (Phi) is 5.93. The van der Waals surface area contributed by atoms with Crippen molar-refractivity contribution in [3.05, 3.63) is 0 Å². The second kappa shape index (κ2) is 7.22. The van der Waals surface area contributed by atoms with Crippen molar-refractivity contribution >= 4 is 46.1 Å². The van der Waals surface area contributed by atoms with Gasteiger partial charge in [0.2, 0.25) is 0 Å². The smallest absolute Gasteiger partial charge is 0.186 e. The molecule has 0 aliphatic heterocycles. The first-order chi connectivity index (χ1) is 8.58. The molecular weight excluding hydrogens is 268 g/mol. The third-order valence-electron chi connectivity index (χ3n) is 2.60. The fourth-order valence-electron chi connectivity index (χ4n) is 1.53. The van der Waals surface area contributed by atoms with Crippen LogP contribution in [0.2, 0.25) is 0 Å². The van der Waals surface area contributed by atoms with Crippen LogP contribution in [0.3, 0.4) is 0 Å². The Morgan fingerprint density at radius 3 is 2.22 bits per heavy atom. The van der Waals surface area contributed by atoms with Gasteiger partial charge in [0.05, 0.1) is 11.4 Å². The molecule has 100 valence electrons. The molecule has 18 heavy (non-hydrogen) atoms. The fourth-order valence-corrected chi connectivity index (χ4v) is 1.62. The molecule has 1 fully saturated rings. The predicted molar refractivity (Wildman–Crippen MR) is 82.9 cm³/mol. The van der Waals surface area contributed by atoms with Gasteiger partial charge in [-0.1, -0.05) is 6.92 Å². The van der Waals surface area contributed by atoms with E-state index >= 15 is 0 Å². The van der Waals surface area contributed by atoms with E-state index in [1.165, 1.54) is 0 Å². The minimum absolute atomic E-state index is 0.362. The van der Waals surface area contributed by atoms with Gasteiger partial charge in [0.1, 0.15) is 0 Å². The van der Waals surface area contributed by atoms with Gasteiger partial charge in [-0.15, -0.1) is 0 Å². The molecule has 1 atom stereocenters. The lowest BCUT2D eigenvalue weighted by atomic mass is 10.1. The molecule has 8 heteroatoms. The number of nitrogens with zero attached hydrogens (tertiary/aromatic N) is 2. The van der Waals surface area contributed by atoms with Crippen molar-refractivity contribution in [3.8, 4) is 0 Å². The topological polar surface area (TPSA) is 72.8 Å². The maximum atomic E-state index is 4.98. The quantitative estimate of drug-likeness (QED) is 0.433. The van der Waals surface area contributed by atoms with E-state index in [0.717, 1.165) is 24.3 Å². The van der Waals surface area contributed by atoms with Crippen molar-refractivity contribution in [3.63, 3.8) is 0 Å². The molecule has 0 bridgehead atoms. The Labute approximate surface area is 118 Å². The number of hydrogen-bond donors (Lipinski definition) is 4. The Hall–Kier alpha value is -1.28. The van der Waals surface area contributed by atoms with E-state index in [1.807, 2.05) is 0 Å². The first-order valence-electron chi connectivity index (χ1n) is 5.68. The largest absolute Gasteiger partial charge is 0.364 e. The van der Waals surface area contributed by atoms with Crippen LogP contribution < -0.4 is 21.5 Å². The summed E-state index contributed by atoms with van der Waals surface area (Å²) in [6.45, 7) is 2.11. The highest BCUT2D eigenvalue weighted by atomic mass is 32.1. The standard InChI is InChI=1S/C10H18N6S2/c1-6-4-5-7(13-15-9(17)11-2)8(6)14-16-10(18)12-3/h6H,4-5H2,1-3H3,(H2,11,15,17)(H2,12,16,18)/b13-7+,14-8?. The fraction of sp³-hybridized carbons (Fsp3) is 0.600. The highest BCUT2D eigenvalue weighted by Crippen LogP contribution is 2.19. The van der Waals surface area contributed by atoms with Crippen LogP contribution in [0.25, 0.3) is 0 Å². The number of thiocarbonyl (C=S) groups is 2. The van der Waals surface area contributed by atoms with E-state index in [9.17, 15) is 0 Å². The van der Waals surface area contributed by atoms with Gasteiger partial charge in [0.15, 0.2) is 10.2 Å². The molecule has 1 aliphatic rings. The summed E-state index contributed by atoms with van der Waals surface area (Å²) < 4.78 is 0. The molecule has 1 saturated carbocycles. The molecule has 0 heterocycles. The average Bonchev–Trinajstić information content (AvgIpc) is 2.73. The van der Waals surface area contributed by atoms with Gasteiger partial charge in [0, 0.05) is 20.0 Å². The van der Waals surface area contributed by atoms with E-state index in [4.69, 9.17) is 24.4 Å². The molecule has 1 aliphatic carbocycles. The van der Waals surface area contributed by atoms with E-state index < -0.39 is 0 Å². The Morgan fingerprint density at radius 1 is 1.11 bits per heavy atom. The molecule has 0 radical (unpaired) electrons. The first kappa shape index (κ1) is 14.8. The van der Waals surface area contributed by atoms with Gasteiger partial charge in [-0.25, -0.2) is 0 Å². The molecule has 0 aromatic heterocycles. The highest BCUT2D eigenvalue weighted by Gasteiger charge is 2.25. The molecule has 6 nitrogen and oxygen atoms in total. The zero-order valence-corrected chi connectivity index (χ0v) is 12.3. The molecule has 0 aromatic rings.